The summed E-state index contributed by atoms with van der Waals surface area (Å²) in [5.41, 5.74) is 8.76. The summed E-state index contributed by atoms with van der Waals surface area (Å²) < 4.78 is 5.57. The molecule has 0 aliphatic carbocycles. The van der Waals surface area contributed by atoms with Gasteiger partial charge in [0.2, 0.25) is 0 Å². The second kappa shape index (κ2) is 7.05. The van der Waals surface area contributed by atoms with Crippen molar-refractivity contribution in [2.45, 2.75) is 20.0 Å². The molecule has 0 saturated heterocycles. The van der Waals surface area contributed by atoms with Crippen LogP contribution in [0.1, 0.15) is 24.2 Å². The monoisotopic (exact) mass is 313 g/mol. The third kappa shape index (κ3) is 4.39. The lowest BCUT2D eigenvalue weighted by molar-refractivity contribution is 0.102. The number of carbonyl (C=O) groups excluding carboxylic acids is 1. The van der Waals surface area contributed by atoms with E-state index in [2.05, 4.69) is 5.32 Å². The van der Waals surface area contributed by atoms with Crippen molar-refractivity contribution < 1.29 is 9.53 Å². The average Bonchev–Trinajstić information content (AvgIpc) is 2.47. The first-order valence-electron chi connectivity index (χ1n) is 7.51. The molecule has 0 saturated carbocycles. The molecule has 5 heteroatoms. The molecular weight excluding hydrogens is 290 g/mol. The first-order valence-corrected chi connectivity index (χ1v) is 7.51. The van der Waals surface area contributed by atoms with Crippen molar-refractivity contribution in [1.29, 1.82) is 0 Å². The minimum Gasteiger partial charge on any atom is -0.491 e. The summed E-state index contributed by atoms with van der Waals surface area (Å²) in [7, 11) is 3.84. The third-order valence-electron chi connectivity index (χ3n) is 3.26. The molecule has 2 rings (SSSR count). The van der Waals surface area contributed by atoms with Crippen LogP contribution in [0.5, 0.6) is 5.75 Å². The maximum atomic E-state index is 12.3. The molecule has 23 heavy (non-hydrogen) atoms. The van der Waals surface area contributed by atoms with Gasteiger partial charge in [-0.15, -0.1) is 0 Å². The van der Waals surface area contributed by atoms with Crippen LogP contribution in [0.3, 0.4) is 0 Å². The lowest BCUT2D eigenvalue weighted by Gasteiger charge is -2.16. The fraction of sp³-hybridized carbons (Fsp3) is 0.278. The van der Waals surface area contributed by atoms with Gasteiger partial charge in [-0.05, 0) is 56.3 Å². The predicted octanol–water partition coefficient (Wildman–Crippen LogP) is 3.37. The van der Waals surface area contributed by atoms with E-state index in [1.165, 1.54) is 0 Å². The zero-order valence-corrected chi connectivity index (χ0v) is 14.0. The number of benzene rings is 2. The first-order chi connectivity index (χ1) is 10.9. The summed E-state index contributed by atoms with van der Waals surface area (Å²) in [5, 5.41) is 2.85. The van der Waals surface area contributed by atoms with Crippen molar-refractivity contribution in [2.24, 2.45) is 0 Å². The first kappa shape index (κ1) is 16.7. The second-order valence-electron chi connectivity index (χ2n) is 5.81. The van der Waals surface area contributed by atoms with Gasteiger partial charge in [0.15, 0.2) is 0 Å². The summed E-state index contributed by atoms with van der Waals surface area (Å²) in [4.78, 5) is 14.2. The van der Waals surface area contributed by atoms with Crippen LogP contribution >= 0.6 is 0 Å². The van der Waals surface area contributed by atoms with Crippen LogP contribution in [0.2, 0.25) is 0 Å². The number of ether oxygens (including phenoxy) is 1. The molecule has 0 bridgehead atoms. The molecule has 2 aromatic rings. The Morgan fingerprint density at radius 3 is 2.30 bits per heavy atom. The molecule has 5 nitrogen and oxygen atoms in total. The van der Waals surface area contributed by atoms with Gasteiger partial charge < -0.3 is 20.7 Å². The normalized spacial score (nSPS) is 10.5. The van der Waals surface area contributed by atoms with E-state index in [9.17, 15) is 4.79 Å². The lowest BCUT2D eigenvalue weighted by atomic mass is 10.2. The zero-order valence-electron chi connectivity index (χ0n) is 14.0. The van der Waals surface area contributed by atoms with E-state index < -0.39 is 0 Å². The number of rotatable bonds is 5. The highest BCUT2D eigenvalue weighted by molar-refractivity contribution is 6.04. The summed E-state index contributed by atoms with van der Waals surface area (Å²) in [6.45, 7) is 3.92. The predicted molar refractivity (Wildman–Crippen MR) is 95.3 cm³/mol. The van der Waals surface area contributed by atoms with E-state index in [4.69, 9.17) is 10.5 Å². The van der Waals surface area contributed by atoms with Gasteiger partial charge in [0.1, 0.15) is 5.75 Å². The fourth-order valence-electron chi connectivity index (χ4n) is 2.20. The molecule has 1 amide bonds. The average molecular weight is 313 g/mol. The Morgan fingerprint density at radius 1 is 1.13 bits per heavy atom. The second-order valence-corrected chi connectivity index (χ2v) is 5.81. The Morgan fingerprint density at radius 2 is 1.78 bits per heavy atom. The molecule has 0 spiro atoms. The van der Waals surface area contributed by atoms with Crippen molar-refractivity contribution >= 4 is 23.0 Å². The van der Waals surface area contributed by atoms with Crippen LogP contribution in [-0.2, 0) is 0 Å². The van der Waals surface area contributed by atoms with Crippen molar-refractivity contribution in [1.82, 2.24) is 0 Å². The summed E-state index contributed by atoms with van der Waals surface area (Å²) in [6.07, 6.45) is 0.105. The van der Waals surface area contributed by atoms with Gasteiger partial charge in [-0.1, -0.05) is 0 Å². The highest BCUT2D eigenvalue weighted by Crippen LogP contribution is 2.25. The van der Waals surface area contributed by atoms with Crippen LogP contribution in [0, 0.1) is 0 Å². The number of nitrogen functional groups attached to an aromatic ring is 1. The van der Waals surface area contributed by atoms with Crippen LogP contribution in [0.4, 0.5) is 17.1 Å². The SMILES string of the molecule is CC(C)Oc1ccc(C(=O)Nc2ccc(N(C)C)c(N)c2)cc1. The Kier molecular flexibility index (Phi) is 5.11. The quantitative estimate of drug-likeness (QED) is 0.831. The molecule has 2 aromatic carbocycles. The molecule has 0 heterocycles. The Hall–Kier alpha value is -2.69. The molecule has 0 fully saturated rings. The third-order valence-corrected chi connectivity index (χ3v) is 3.26. The van der Waals surface area contributed by atoms with Crippen molar-refractivity contribution in [3.05, 3.63) is 48.0 Å². The number of nitrogens with two attached hydrogens (primary N) is 1. The number of amides is 1. The number of nitrogens with zero attached hydrogens (tertiary/aromatic N) is 1. The van der Waals surface area contributed by atoms with E-state index in [0.717, 1.165) is 11.4 Å². The van der Waals surface area contributed by atoms with Crippen LogP contribution in [-0.4, -0.2) is 26.1 Å². The number of hydrogen-bond acceptors (Lipinski definition) is 4. The summed E-state index contributed by atoms with van der Waals surface area (Å²) >= 11 is 0. The van der Waals surface area contributed by atoms with Gasteiger partial charge in [-0.3, -0.25) is 4.79 Å². The van der Waals surface area contributed by atoms with Gasteiger partial charge in [-0.25, -0.2) is 0 Å². The minimum atomic E-state index is -0.182. The van der Waals surface area contributed by atoms with Crippen LogP contribution in [0.15, 0.2) is 42.5 Å². The fourth-order valence-corrected chi connectivity index (χ4v) is 2.20. The Bertz CT molecular complexity index is 679. The van der Waals surface area contributed by atoms with Gasteiger partial charge in [0, 0.05) is 25.3 Å². The van der Waals surface area contributed by atoms with Gasteiger partial charge in [0.05, 0.1) is 17.5 Å². The maximum Gasteiger partial charge on any atom is 0.255 e. The Labute approximate surface area is 137 Å². The minimum absolute atomic E-state index is 0.105. The lowest BCUT2D eigenvalue weighted by Crippen LogP contribution is -2.14. The summed E-state index contributed by atoms with van der Waals surface area (Å²) in [6, 6.07) is 12.5. The Balaban J connectivity index is 2.08. The van der Waals surface area contributed by atoms with Crippen molar-refractivity contribution in [3.8, 4) is 5.75 Å². The smallest absolute Gasteiger partial charge is 0.255 e. The molecular formula is C18H23N3O2. The van der Waals surface area contributed by atoms with Gasteiger partial charge in [-0.2, -0.15) is 0 Å². The van der Waals surface area contributed by atoms with Gasteiger partial charge >= 0.3 is 0 Å². The number of hydrogen-bond donors (Lipinski definition) is 2. The summed E-state index contributed by atoms with van der Waals surface area (Å²) in [5.74, 6) is 0.564. The maximum absolute atomic E-state index is 12.3. The molecule has 122 valence electrons. The van der Waals surface area contributed by atoms with E-state index in [0.29, 0.717) is 16.9 Å². The zero-order chi connectivity index (χ0) is 17.0. The molecule has 0 aromatic heterocycles. The number of nitrogens with one attached hydrogen (secondary N) is 1. The molecule has 0 atom stereocenters. The highest BCUT2D eigenvalue weighted by Gasteiger charge is 2.09. The standard InChI is InChI=1S/C18H23N3O2/c1-12(2)23-15-8-5-13(6-9-15)18(22)20-14-7-10-17(21(3)4)16(19)11-14/h5-12H,19H2,1-4H3,(H,20,22). The van der Waals surface area contributed by atoms with E-state index in [1.807, 2.05) is 45.0 Å². The molecule has 0 radical (unpaired) electrons. The molecule has 0 aliphatic rings. The molecule has 3 N–H and O–H groups in total. The topological polar surface area (TPSA) is 67.6 Å². The van der Waals surface area contributed by atoms with E-state index >= 15 is 0 Å². The van der Waals surface area contributed by atoms with Crippen molar-refractivity contribution in [3.63, 3.8) is 0 Å². The largest absolute Gasteiger partial charge is 0.491 e. The molecule has 0 unspecified atom stereocenters. The van der Waals surface area contributed by atoms with E-state index in [1.54, 1.807) is 30.3 Å². The molecule has 0 aliphatic heterocycles. The van der Waals surface area contributed by atoms with Crippen molar-refractivity contribution in [2.75, 3.05) is 30.0 Å². The van der Waals surface area contributed by atoms with Crippen LogP contribution in [0.25, 0.3) is 0 Å². The van der Waals surface area contributed by atoms with Gasteiger partial charge in [0.25, 0.3) is 5.91 Å². The van der Waals surface area contributed by atoms with E-state index in [-0.39, 0.29) is 12.0 Å². The van der Waals surface area contributed by atoms with Crippen LogP contribution < -0.4 is 20.7 Å². The number of anilines is 3. The highest BCUT2D eigenvalue weighted by atomic mass is 16.5. The number of carbonyl (C=O) groups is 1.